The van der Waals surface area contributed by atoms with Gasteiger partial charge in [-0.3, -0.25) is 0 Å². The predicted octanol–water partition coefficient (Wildman–Crippen LogP) is 4.80. The molecule has 0 aliphatic carbocycles. The fraction of sp³-hybridized carbons (Fsp3) is 0.500. The molecule has 0 bridgehead atoms. The van der Waals surface area contributed by atoms with Gasteiger partial charge in [-0.05, 0) is 31.5 Å². The Morgan fingerprint density at radius 3 is 2.80 bits per heavy atom. The highest BCUT2D eigenvalue weighted by Gasteiger charge is 2.07. The fourth-order valence-corrected chi connectivity index (χ4v) is 2.08. The van der Waals surface area contributed by atoms with Gasteiger partial charge in [-0.15, -0.1) is 0 Å². The first-order chi connectivity index (χ1) is 7.17. The van der Waals surface area contributed by atoms with Crippen LogP contribution in [-0.2, 0) is 5.33 Å². The molecule has 3 heteroatoms. The quantitative estimate of drug-likeness (QED) is 0.708. The van der Waals surface area contributed by atoms with Crippen LogP contribution < -0.4 is 4.74 Å². The van der Waals surface area contributed by atoms with Crippen LogP contribution in [0.5, 0.6) is 5.75 Å². The van der Waals surface area contributed by atoms with Crippen molar-refractivity contribution in [2.45, 2.75) is 38.1 Å². The normalized spacial score (nSPS) is 12.5. The third-order valence-electron chi connectivity index (χ3n) is 2.19. The number of rotatable bonds is 5. The fourth-order valence-electron chi connectivity index (χ4n) is 1.45. The van der Waals surface area contributed by atoms with Crippen molar-refractivity contribution in [2.75, 3.05) is 0 Å². The lowest BCUT2D eigenvalue weighted by atomic mass is 10.2. The van der Waals surface area contributed by atoms with Gasteiger partial charge in [0.05, 0.1) is 6.10 Å². The van der Waals surface area contributed by atoms with Crippen LogP contribution in [0.3, 0.4) is 0 Å². The minimum atomic E-state index is 0.258. The van der Waals surface area contributed by atoms with Crippen LogP contribution in [-0.4, -0.2) is 6.10 Å². The summed E-state index contributed by atoms with van der Waals surface area (Å²) < 4.78 is 5.84. The number of hydrogen-bond donors (Lipinski definition) is 0. The summed E-state index contributed by atoms with van der Waals surface area (Å²) in [6, 6.07) is 5.73. The number of hydrogen-bond acceptors (Lipinski definition) is 1. The van der Waals surface area contributed by atoms with E-state index in [9.17, 15) is 0 Å². The molecule has 1 aromatic rings. The maximum atomic E-state index is 5.92. The first kappa shape index (κ1) is 12.9. The maximum absolute atomic E-state index is 5.92. The zero-order chi connectivity index (χ0) is 11.3. The molecular weight excluding hydrogens is 275 g/mol. The standard InChI is InChI=1S/C12H16BrClO/c1-3-4-9(2)15-12-6-5-11(14)7-10(12)8-13/h5-7,9H,3-4,8H2,1-2H3. The highest BCUT2D eigenvalue weighted by atomic mass is 79.9. The summed E-state index contributed by atoms with van der Waals surface area (Å²) in [6.45, 7) is 4.25. The van der Waals surface area contributed by atoms with E-state index in [-0.39, 0.29) is 6.10 Å². The lowest BCUT2D eigenvalue weighted by molar-refractivity contribution is 0.208. The second kappa shape index (κ2) is 6.39. The number of benzene rings is 1. The summed E-state index contributed by atoms with van der Waals surface area (Å²) in [5.41, 5.74) is 1.10. The van der Waals surface area contributed by atoms with Gasteiger partial charge in [0, 0.05) is 15.9 Å². The van der Waals surface area contributed by atoms with Gasteiger partial charge in [0.2, 0.25) is 0 Å². The van der Waals surface area contributed by atoms with Gasteiger partial charge in [-0.25, -0.2) is 0 Å². The summed E-state index contributed by atoms with van der Waals surface area (Å²) >= 11 is 9.35. The summed E-state index contributed by atoms with van der Waals surface area (Å²) in [5, 5.41) is 1.52. The van der Waals surface area contributed by atoms with Gasteiger partial charge in [0.15, 0.2) is 0 Å². The van der Waals surface area contributed by atoms with E-state index in [0.29, 0.717) is 0 Å². The van der Waals surface area contributed by atoms with Crippen LogP contribution in [0.4, 0.5) is 0 Å². The molecule has 0 amide bonds. The molecule has 1 rings (SSSR count). The monoisotopic (exact) mass is 290 g/mol. The maximum Gasteiger partial charge on any atom is 0.123 e. The summed E-state index contributed by atoms with van der Waals surface area (Å²) in [5.74, 6) is 0.928. The smallest absolute Gasteiger partial charge is 0.123 e. The summed E-state index contributed by atoms with van der Waals surface area (Å²) in [6.07, 6.45) is 2.47. The van der Waals surface area contributed by atoms with Gasteiger partial charge in [-0.1, -0.05) is 40.9 Å². The summed E-state index contributed by atoms with van der Waals surface area (Å²) in [7, 11) is 0. The Bertz CT molecular complexity index is 314. The van der Waals surface area contributed by atoms with Gasteiger partial charge in [0.25, 0.3) is 0 Å². The van der Waals surface area contributed by atoms with Crippen LogP contribution in [0, 0.1) is 0 Å². The van der Waals surface area contributed by atoms with Crippen LogP contribution in [0.15, 0.2) is 18.2 Å². The Kier molecular flexibility index (Phi) is 5.48. The molecule has 0 spiro atoms. The SMILES string of the molecule is CCCC(C)Oc1ccc(Cl)cc1CBr. The van der Waals surface area contributed by atoms with Crippen LogP contribution in [0.25, 0.3) is 0 Å². The molecule has 0 aliphatic rings. The van der Waals surface area contributed by atoms with Gasteiger partial charge in [0.1, 0.15) is 5.75 Å². The van der Waals surface area contributed by atoms with E-state index in [1.165, 1.54) is 0 Å². The van der Waals surface area contributed by atoms with E-state index in [2.05, 4.69) is 29.8 Å². The molecular formula is C12H16BrClO. The molecule has 0 N–H and O–H groups in total. The molecule has 15 heavy (non-hydrogen) atoms. The zero-order valence-corrected chi connectivity index (χ0v) is 11.4. The zero-order valence-electron chi connectivity index (χ0n) is 9.09. The van der Waals surface area contributed by atoms with Gasteiger partial charge >= 0.3 is 0 Å². The molecule has 84 valence electrons. The minimum absolute atomic E-state index is 0.258. The highest BCUT2D eigenvalue weighted by molar-refractivity contribution is 9.08. The third kappa shape index (κ3) is 4.04. The average Bonchev–Trinajstić information content (AvgIpc) is 2.21. The second-order valence-corrected chi connectivity index (χ2v) is 4.60. The molecule has 1 nitrogen and oxygen atoms in total. The Morgan fingerprint density at radius 1 is 1.47 bits per heavy atom. The Labute approximate surface area is 105 Å². The topological polar surface area (TPSA) is 9.23 Å². The van der Waals surface area contributed by atoms with E-state index in [0.717, 1.165) is 34.5 Å². The second-order valence-electron chi connectivity index (χ2n) is 3.60. The lowest BCUT2D eigenvalue weighted by Gasteiger charge is -2.16. The van der Waals surface area contributed by atoms with Crippen molar-refractivity contribution < 1.29 is 4.74 Å². The Hall–Kier alpha value is -0.210. The van der Waals surface area contributed by atoms with Crippen LogP contribution >= 0.6 is 27.5 Å². The molecule has 0 saturated carbocycles. The van der Waals surface area contributed by atoms with E-state index in [1.54, 1.807) is 0 Å². The number of alkyl halides is 1. The molecule has 0 radical (unpaired) electrons. The average molecular weight is 292 g/mol. The van der Waals surface area contributed by atoms with Crippen molar-refractivity contribution >= 4 is 27.5 Å². The molecule has 0 aliphatic heterocycles. The first-order valence-electron chi connectivity index (χ1n) is 5.18. The highest BCUT2D eigenvalue weighted by Crippen LogP contribution is 2.26. The lowest BCUT2D eigenvalue weighted by Crippen LogP contribution is -2.11. The minimum Gasteiger partial charge on any atom is -0.490 e. The molecule has 1 atom stereocenters. The molecule has 0 aromatic heterocycles. The van der Waals surface area contributed by atoms with Crippen molar-refractivity contribution in [1.82, 2.24) is 0 Å². The molecule has 0 saturated heterocycles. The molecule has 1 aromatic carbocycles. The van der Waals surface area contributed by atoms with Gasteiger partial charge in [-0.2, -0.15) is 0 Å². The van der Waals surface area contributed by atoms with Crippen molar-refractivity contribution in [3.8, 4) is 5.75 Å². The van der Waals surface area contributed by atoms with E-state index < -0.39 is 0 Å². The van der Waals surface area contributed by atoms with Gasteiger partial charge < -0.3 is 4.74 Å². The van der Waals surface area contributed by atoms with Crippen LogP contribution in [0.2, 0.25) is 5.02 Å². The number of halogens is 2. The van der Waals surface area contributed by atoms with Crippen molar-refractivity contribution in [3.63, 3.8) is 0 Å². The molecule has 1 unspecified atom stereocenters. The molecule has 0 heterocycles. The van der Waals surface area contributed by atoms with E-state index in [4.69, 9.17) is 16.3 Å². The van der Waals surface area contributed by atoms with Crippen molar-refractivity contribution in [2.24, 2.45) is 0 Å². The van der Waals surface area contributed by atoms with Crippen LogP contribution in [0.1, 0.15) is 32.3 Å². The number of ether oxygens (including phenoxy) is 1. The Balaban J connectivity index is 2.75. The first-order valence-corrected chi connectivity index (χ1v) is 6.68. The van der Waals surface area contributed by atoms with Crippen molar-refractivity contribution in [3.05, 3.63) is 28.8 Å². The van der Waals surface area contributed by atoms with E-state index in [1.807, 2.05) is 18.2 Å². The largest absolute Gasteiger partial charge is 0.490 e. The van der Waals surface area contributed by atoms with E-state index >= 15 is 0 Å². The van der Waals surface area contributed by atoms with Crippen molar-refractivity contribution in [1.29, 1.82) is 0 Å². The predicted molar refractivity (Wildman–Crippen MR) is 69.1 cm³/mol. The third-order valence-corrected chi connectivity index (χ3v) is 3.03. The Morgan fingerprint density at radius 2 is 2.20 bits per heavy atom. The summed E-state index contributed by atoms with van der Waals surface area (Å²) in [4.78, 5) is 0. The molecule has 0 fully saturated rings.